The summed E-state index contributed by atoms with van der Waals surface area (Å²) in [6.07, 6.45) is 3.70. The third-order valence-electron chi connectivity index (χ3n) is 4.88. The molecule has 1 unspecified atom stereocenters. The monoisotopic (exact) mass is 421 g/mol. The number of likely N-dealkylation sites (tertiary alicyclic amines) is 1. The summed E-state index contributed by atoms with van der Waals surface area (Å²) in [6.45, 7) is 0.302. The van der Waals surface area contributed by atoms with Crippen molar-refractivity contribution in [3.63, 3.8) is 0 Å². The molecule has 2 rings (SSSR count). The Hall–Kier alpha value is -2.07. The minimum Gasteiger partial charge on any atom is -0.467 e. The van der Waals surface area contributed by atoms with Gasteiger partial charge < -0.3 is 19.5 Å². The van der Waals surface area contributed by atoms with E-state index in [0.29, 0.717) is 30.8 Å². The number of hydrogen-bond donors (Lipinski definition) is 1. The maximum atomic E-state index is 12.3. The van der Waals surface area contributed by atoms with Crippen molar-refractivity contribution in [1.29, 1.82) is 0 Å². The number of hydrogen-bond acceptors (Lipinski definition) is 5. The predicted molar refractivity (Wildman–Crippen MR) is 110 cm³/mol. The lowest BCUT2D eigenvalue weighted by Gasteiger charge is -2.35. The van der Waals surface area contributed by atoms with E-state index in [4.69, 9.17) is 16.3 Å². The summed E-state index contributed by atoms with van der Waals surface area (Å²) in [6, 6.07) is 7.57. The van der Waals surface area contributed by atoms with E-state index in [0.717, 1.165) is 24.8 Å². The number of carbonyl (C=O) groups is 2. The van der Waals surface area contributed by atoms with Crippen molar-refractivity contribution in [2.45, 2.75) is 50.7 Å². The molecule has 0 radical (unpaired) electrons. The fourth-order valence-electron chi connectivity index (χ4n) is 3.37. The maximum Gasteiger partial charge on any atom is 0.331 e. The van der Waals surface area contributed by atoms with E-state index in [1.165, 1.54) is 7.11 Å². The summed E-state index contributed by atoms with van der Waals surface area (Å²) < 4.78 is 9.56. The quantitative estimate of drug-likeness (QED) is 0.377. The van der Waals surface area contributed by atoms with Crippen molar-refractivity contribution in [2.75, 3.05) is 26.9 Å². The molecule has 2 atom stereocenters. The predicted octanol–water partition coefficient (Wildman–Crippen LogP) is 2.60. The zero-order valence-electron chi connectivity index (χ0n) is 16.7. The summed E-state index contributed by atoms with van der Waals surface area (Å²) in [5.74, 6) is 5.41. The van der Waals surface area contributed by atoms with Gasteiger partial charge in [-0.2, -0.15) is 0 Å². The third-order valence-corrected chi connectivity index (χ3v) is 5.11. The number of ether oxygens (including phenoxy) is 2. The first-order valence-electron chi connectivity index (χ1n) is 9.82. The number of methoxy groups -OCH3 is 1. The van der Waals surface area contributed by atoms with Gasteiger partial charge in [-0.1, -0.05) is 35.6 Å². The Morgan fingerprint density at radius 1 is 1.41 bits per heavy atom. The molecule has 6 nitrogen and oxygen atoms in total. The van der Waals surface area contributed by atoms with Gasteiger partial charge in [-0.3, -0.25) is 4.79 Å². The van der Waals surface area contributed by atoms with Gasteiger partial charge in [0.1, 0.15) is 13.2 Å². The molecule has 0 bridgehead atoms. The van der Waals surface area contributed by atoms with E-state index < -0.39 is 12.1 Å². The number of halogens is 1. The molecule has 0 aliphatic carbocycles. The zero-order valence-corrected chi connectivity index (χ0v) is 17.5. The molecule has 7 heteroatoms. The van der Waals surface area contributed by atoms with Crippen LogP contribution in [0.5, 0.6) is 0 Å². The highest BCUT2D eigenvalue weighted by molar-refractivity contribution is 6.30. The van der Waals surface area contributed by atoms with Crippen LogP contribution in [-0.4, -0.2) is 60.9 Å². The lowest BCUT2D eigenvalue weighted by Crippen LogP contribution is -2.44. The van der Waals surface area contributed by atoms with Gasteiger partial charge in [0, 0.05) is 17.5 Å². The SMILES string of the molecule is COC(=O)COCC#CCN1C(=O)CCCC1CC[C@@H](O)Cc1cccc(Cl)c1. The highest BCUT2D eigenvalue weighted by Gasteiger charge is 2.27. The van der Waals surface area contributed by atoms with Crippen LogP contribution in [0.2, 0.25) is 5.02 Å². The number of benzene rings is 1. The van der Waals surface area contributed by atoms with Gasteiger partial charge in [-0.05, 0) is 49.8 Å². The smallest absolute Gasteiger partial charge is 0.331 e. The minimum atomic E-state index is -0.481. The summed E-state index contributed by atoms with van der Waals surface area (Å²) in [5.41, 5.74) is 0.999. The molecular weight excluding hydrogens is 394 g/mol. The Labute approximate surface area is 177 Å². The van der Waals surface area contributed by atoms with Gasteiger partial charge in [0.05, 0.1) is 19.8 Å². The maximum absolute atomic E-state index is 12.3. The fourth-order valence-corrected chi connectivity index (χ4v) is 3.58. The first-order valence-corrected chi connectivity index (χ1v) is 10.2. The van der Waals surface area contributed by atoms with Gasteiger partial charge >= 0.3 is 5.97 Å². The molecule has 1 saturated heterocycles. The van der Waals surface area contributed by atoms with E-state index in [1.807, 2.05) is 24.3 Å². The lowest BCUT2D eigenvalue weighted by atomic mass is 9.94. The summed E-state index contributed by atoms with van der Waals surface area (Å²) in [4.78, 5) is 25.1. The largest absolute Gasteiger partial charge is 0.467 e. The van der Waals surface area contributed by atoms with Crippen LogP contribution < -0.4 is 0 Å². The molecule has 0 aromatic heterocycles. The molecule has 1 aliphatic heterocycles. The summed E-state index contributed by atoms with van der Waals surface area (Å²) in [7, 11) is 1.30. The van der Waals surface area contributed by atoms with E-state index >= 15 is 0 Å². The van der Waals surface area contributed by atoms with Crippen molar-refractivity contribution < 1.29 is 24.2 Å². The standard InChI is InChI=1S/C22H28ClNO5/c1-28-22(27)16-29-13-3-2-12-24-19(8-5-9-21(24)26)10-11-20(25)15-17-6-4-7-18(23)14-17/h4,6-7,14,19-20,25H,5,8-13,15-16H2,1H3/t19?,20-/m1/s1. The molecule has 0 saturated carbocycles. The first-order chi connectivity index (χ1) is 14.0. The van der Waals surface area contributed by atoms with Gasteiger partial charge in [-0.25, -0.2) is 4.79 Å². The van der Waals surface area contributed by atoms with Crippen LogP contribution >= 0.6 is 11.6 Å². The van der Waals surface area contributed by atoms with Crippen molar-refractivity contribution in [1.82, 2.24) is 4.90 Å². The highest BCUT2D eigenvalue weighted by atomic mass is 35.5. The molecule has 1 fully saturated rings. The number of aliphatic hydroxyl groups excluding tert-OH is 1. The van der Waals surface area contributed by atoms with Crippen molar-refractivity contribution in [3.05, 3.63) is 34.9 Å². The van der Waals surface area contributed by atoms with Crippen molar-refractivity contribution in [2.24, 2.45) is 0 Å². The van der Waals surface area contributed by atoms with Crippen LogP contribution in [0, 0.1) is 11.8 Å². The van der Waals surface area contributed by atoms with Crippen LogP contribution in [0.25, 0.3) is 0 Å². The number of aliphatic hydroxyl groups is 1. The Balaban J connectivity index is 1.79. The number of piperidine rings is 1. The average Bonchev–Trinajstić information content (AvgIpc) is 2.70. The molecule has 1 aromatic rings. The number of carbonyl (C=O) groups excluding carboxylic acids is 2. The number of rotatable bonds is 9. The van der Waals surface area contributed by atoms with Gasteiger partial charge in [0.25, 0.3) is 0 Å². The molecule has 0 spiro atoms. The Kier molecular flexibility index (Phi) is 9.99. The fraction of sp³-hybridized carbons (Fsp3) is 0.545. The summed E-state index contributed by atoms with van der Waals surface area (Å²) in [5, 5.41) is 11.0. The van der Waals surface area contributed by atoms with Gasteiger partial charge in [0.15, 0.2) is 0 Å². The van der Waals surface area contributed by atoms with Crippen molar-refractivity contribution >= 4 is 23.5 Å². The molecule has 158 valence electrons. The second-order valence-electron chi connectivity index (χ2n) is 7.06. The Morgan fingerprint density at radius 2 is 2.24 bits per heavy atom. The van der Waals surface area contributed by atoms with Gasteiger partial charge in [0.2, 0.25) is 5.91 Å². The zero-order chi connectivity index (χ0) is 21.1. The van der Waals surface area contributed by atoms with Crippen LogP contribution in [0.1, 0.15) is 37.7 Å². The van der Waals surface area contributed by atoms with Crippen molar-refractivity contribution in [3.8, 4) is 11.8 Å². The number of nitrogens with zero attached hydrogens (tertiary/aromatic N) is 1. The molecule has 1 aliphatic rings. The van der Waals surface area contributed by atoms with E-state index in [9.17, 15) is 14.7 Å². The first kappa shape index (κ1) is 23.2. The number of amides is 1. The van der Waals surface area contributed by atoms with Gasteiger partial charge in [-0.15, -0.1) is 0 Å². The normalized spacial score (nSPS) is 17.4. The van der Waals surface area contributed by atoms with E-state index in [2.05, 4.69) is 16.6 Å². The lowest BCUT2D eigenvalue weighted by molar-refractivity contribution is -0.145. The van der Waals surface area contributed by atoms with Crippen LogP contribution in [0.3, 0.4) is 0 Å². The van der Waals surface area contributed by atoms with Crippen LogP contribution in [-0.2, 0) is 25.5 Å². The van der Waals surface area contributed by atoms with Crippen LogP contribution in [0.4, 0.5) is 0 Å². The molecule has 29 heavy (non-hydrogen) atoms. The molecule has 1 aromatic carbocycles. The molecule has 1 amide bonds. The second-order valence-corrected chi connectivity index (χ2v) is 7.49. The molecular formula is C22H28ClNO5. The third kappa shape index (κ3) is 8.45. The van der Waals surface area contributed by atoms with Crippen LogP contribution in [0.15, 0.2) is 24.3 Å². The number of esters is 1. The Morgan fingerprint density at radius 3 is 3.00 bits per heavy atom. The summed E-state index contributed by atoms with van der Waals surface area (Å²) >= 11 is 5.99. The van der Waals surface area contributed by atoms with E-state index in [-0.39, 0.29) is 25.2 Å². The molecule has 1 heterocycles. The minimum absolute atomic E-state index is 0.0792. The topological polar surface area (TPSA) is 76.1 Å². The Bertz CT molecular complexity index is 742. The average molecular weight is 422 g/mol. The molecule has 1 N–H and O–H groups in total. The second kappa shape index (κ2) is 12.5. The van der Waals surface area contributed by atoms with E-state index in [1.54, 1.807) is 4.90 Å². The highest BCUT2D eigenvalue weighted by Crippen LogP contribution is 2.23.